The number of β-amino-alcohol motifs (C(OH)–C–C–N with tert-alkyl or cyclic N) is 1. The van der Waals surface area contributed by atoms with Crippen molar-refractivity contribution in [2.45, 2.75) is 32.4 Å². The zero-order valence-corrected chi connectivity index (χ0v) is 12.0. The third-order valence-corrected chi connectivity index (χ3v) is 4.30. The summed E-state index contributed by atoms with van der Waals surface area (Å²) in [6.45, 7) is 7.09. The first kappa shape index (κ1) is 14.0. The van der Waals surface area contributed by atoms with Gasteiger partial charge in [0.25, 0.3) is 0 Å². The molecule has 2 N–H and O–H groups in total. The van der Waals surface area contributed by atoms with Crippen LogP contribution < -0.4 is 5.32 Å². The van der Waals surface area contributed by atoms with Gasteiger partial charge in [0.1, 0.15) is 0 Å². The molecule has 1 aliphatic rings. The number of piperidine rings is 1. The molecular formula is C14H24N2OS. The number of likely N-dealkylation sites (tertiary alicyclic amines) is 1. The fraction of sp³-hybridized carbons (Fsp3) is 0.714. The van der Waals surface area contributed by atoms with E-state index in [0.717, 1.165) is 38.6 Å². The minimum Gasteiger partial charge on any atom is -0.392 e. The molecule has 0 bridgehead atoms. The van der Waals surface area contributed by atoms with Gasteiger partial charge in [-0.1, -0.05) is 0 Å². The van der Waals surface area contributed by atoms with Crippen molar-refractivity contribution >= 4 is 11.3 Å². The van der Waals surface area contributed by atoms with E-state index in [0.29, 0.717) is 0 Å². The van der Waals surface area contributed by atoms with E-state index in [-0.39, 0.29) is 6.10 Å². The molecule has 2 heterocycles. The zero-order chi connectivity index (χ0) is 12.8. The molecule has 1 aromatic rings. The Morgan fingerprint density at radius 3 is 2.89 bits per heavy atom. The van der Waals surface area contributed by atoms with Crippen LogP contribution in [0.5, 0.6) is 0 Å². The number of thiophene rings is 1. The van der Waals surface area contributed by atoms with Gasteiger partial charge in [-0.05, 0) is 67.7 Å². The molecule has 18 heavy (non-hydrogen) atoms. The molecule has 1 saturated heterocycles. The summed E-state index contributed by atoms with van der Waals surface area (Å²) < 4.78 is 0. The van der Waals surface area contributed by atoms with E-state index >= 15 is 0 Å². The van der Waals surface area contributed by atoms with Gasteiger partial charge in [0.05, 0.1) is 6.10 Å². The number of nitrogens with zero attached hydrogens (tertiary/aromatic N) is 1. The Morgan fingerprint density at radius 1 is 1.50 bits per heavy atom. The SMILES string of the molecule is CC(O)CN1CCC(CNCc2ccsc2)CC1. The van der Waals surface area contributed by atoms with E-state index in [1.807, 2.05) is 6.92 Å². The Labute approximate surface area is 114 Å². The van der Waals surface area contributed by atoms with Crippen molar-refractivity contribution < 1.29 is 5.11 Å². The Bertz CT molecular complexity index is 319. The third kappa shape index (κ3) is 4.69. The van der Waals surface area contributed by atoms with Crippen LogP contribution >= 0.6 is 11.3 Å². The molecule has 1 unspecified atom stereocenters. The second-order valence-electron chi connectivity index (χ2n) is 5.36. The minimum atomic E-state index is -0.196. The number of aliphatic hydroxyl groups excluding tert-OH is 1. The second-order valence-corrected chi connectivity index (χ2v) is 6.14. The molecular weight excluding hydrogens is 244 g/mol. The van der Waals surface area contributed by atoms with Crippen LogP contribution in [0.25, 0.3) is 0 Å². The Hall–Kier alpha value is -0.420. The molecule has 1 aromatic heterocycles. The Balaban J connectivity index is 1.59. The van der Waals surface area contributed by atoms with E-state index in [2.05, 4.69) is 27.0 Å². The van der Waals surface area contributed by atoms with Crippen LogP contribution in [0.1, 0.15) is 25.3 Å². The van der Waals surface area contributed by atoms with Gasteiger partial charge in [-0.3, -0.25) is 0 Å². The summed E-state index contributed by atoms with van der Waals surface area (Å²) in [5.74, 6) is 0.800. The number of hydrogen-bond acceptors (Lipinski definition) is 4. The van der Waals surface area contributed by atoms with E-state index in [4.69, 9.17) is 0 Å². The first-order valence-corrected chi connectivity index (χ1v) is 7.80. The molecule has 0 aliphatic carbocycles. The summed E-state index contributed by atoms with van der Waals surface area (Å²) in [6, 6.07) is 2.18. The molecule has 0 spiro atoms. The van der Waals surface area contributed by atoms with Gasteiger partial charge < -0.3 is 15.3 Å². The third-order valence-electron chi connectivity index (χ3n) is 3.57. The predicted molar refractivity (Wildman–Crippen MR) is 76.9 cm³/mol. The van der Waals surface area contributed by atoms with Crippen molar-refractivity contribution in [1.82, 2.24) is 10.2 Å². The van der Waals surface area contributed by atoms with Crippen LogP contribution in [0.3, 0.4) is 0 Å². The number of nitrogens with one attached hydrogen (secondary N) is 1. The minimum absolute atomic E-state index is 0.196. The maximum atomic E-state index is 9.36. The average molecular weight is 268 g/mol. The molecule has 3 nitrogen and oxygen atoms in total. The molecule has 0 amide bonds. The summed E-state index contributed by atoms with van der Waals surface area (Å²) in [4.78, 5) is 2.38. The molecule has 4 heteroatoms. The summed E-state index contributed by atoms with van der Waals surface area (Å²) in [7, 11) is 0. The molecule has 1 fully saturated rings. The molecule has 0 saturated carbocycles. The molecule has 102 valence electrons. The van der Waals surface area contributed by atoms with Gasteiger partial charge in [0.2, 0.25) is 0 Å². The van der Waals surface area contributed by atoms with Crippen molar-refractivity contribution in [1.29, 1.82) is 0 Å². The lowest BCUT2D eigenvalue weighted by atomic mass is 9.96. The van der Waals surface area contributed by atoms with E-state index in [9.17, 15) is 5.11 Å². The number of rotatable bonds is 6. The van der Waals surface area contributed by atoms with Crippen molar-refractivity contribution in [3.63, 3.8) is 0 Å². The van der Waals surface area contributed by atoms with Crippen LogP contribution in [0.2, 0.25) is 0 Å². The van der Waals surface area contributed by atoms with Gasteiger partial charge in [0.15, 0.2) is 0 Å². The summed E-state index contributed by atoms with van der Waals surface area (Å²) in [6.07, 6.45) is 2.31. The zero-order valence-electron chi connectivity index (χ0n) is 11.1. The fourth-order valence-electron chi connectivity index (χ4n) is 2.56. The highest BCUT2D eigenvalue weighted by molar-refractivity contribution is 7.07. The normalized spacial score (nSPS) is 20.1. The average Bonchev–Trinajstić information content (AvgIpc) is 2.84. The van der Waals surface area contributed by atoms with Crippen molar-refractivity contribution in [2.75, 3.05) is 26.2 Å². The van der Waals surface area contributed by atoms with Gasteiger partial charge >= 0.3 is 0 Å². The van der Waals surface area contributed by atoms with Crippen LogP contribution in [0.15, 0.2) is 16.8 Å². The van der Waals surface area contributed by atoms with E-state index in [1.165, 1.54) is 18.4 Å². The molecule has 0 radical (unpaired) electrons. The summed E-state index contributed by atoms with van der Waals surface area (Å²) in [5.41, 5.74) is 1.39. The van der Waals surface area contributed by atoms with Crippen LogP contribution in [-0.4, -0.2) is 42.3 Å². The van der Waals surface area contributed by atoms with Gasteiger partial charge in [-0.2, -0.15) is 11.3 Å². The van der Waals surface area contributed by atoms with Crippen molar-refractivity contribution in [3.05, 3.63) is 22.4 Å². The van der Waals surface area contributed by atoms with Crippen LogP contribution in [0.4, 0.5) is 0 Å². The summed E-state index contributed by atoms with van der Waals surface area (Å²) >= 11 is 1.76. The predicted octanol–water partition coefficient (Wildman–Crippen LogP) is 1.93. The largest absolute Gasteiger partial charge is 0.392 e. The Morgan fingerprint density at radius 2 is 2.28 bits per heavy atom. The maximum Gasteiger partial charge on any atom is 0.0639 e. The molecule has 0 aromatic carbocycles. The smallest absolute Gasteiger partial charge is 0.0639 e. The van der Waals surface area contributed by atoms with Crippen LogP contribution in [0, 0.1) is 5.92 Å². The second kappa shape index (κ2) is 7.24. The molecule has 1 aliphatic heterocycles. The number of hydrogen-bond donors (Lipinski definition) is 2. The topological polar surface area (TPSA) is 35.5 Å². The lowest BCUT2D eigenvalue weighted by Gasteiger charge is -2.32. The number of aliphatic hydroxyl groups is 1. The van der Waals surface area contributed by atoms with Crippen LogP contribution in [-0.2, 0) is 6.54 Å². The summed E-state index contributed by atoms with van der Waals surface area (Å²) in [5, 5.41) is 17.3. The quantitative estimate of drug-likeness (QED) is 0.827. The maximum absolute atomic E-state index is 9.36. The lowest BCUT2D eigenvalue weighted by Crippen LogP contribution is -2.40. The first-order chi connectivity index (χ1) is 8.74. The highest BCUT2D eigenvalue weighted by Gasteiger charge is 2.19. The fourth-order valence-corrected chi connectivity index (χ4v) is 3.23. The van der Waals surface area contributed by atoms with Gasteiger partial charge in [-0.25, -0.2) is 0 Å². The monoisotopic (exact) mass is 268 g/mol. The first-order valence-electron chi connectivity index (χ1n) is 6.86. The molecule has 1 atom stereocenters. The highest BCUT2D eigenvalue weighted by Crippen LogP contribution is 2.16. The van der Waals surface area contributed by atoms with Gasteiger partial charge in [0, 0.05) is 13.1 Å². The van der Waals surface area contributed by atoms with E-state index in [1.54, 1.807) is 11.3 Å². The van der Waals surface area contributed by atoms with E-state index < -0.39 is 0 Å². The van der Waals surface area contributed by atoms with Crippen molar-refractivity contribution in [3.8, 4) is 0 Å². The standard InChI is InChI=1S/C14H24N2OS/c1-12(17)10-16-5-2-13(3-6-16)8-15-9-14-4-7-18-11-14/h4,7,11-13,15,17H,2-3,5-6,8-10H2,1H3. The lowest BCUT2D eigenvalue weighted by molar-refractivity contribution is 0.0998. The Kier molecular flexibility index (Phi) is 5.63. The highest BCUT2D eigenvalue weighted by atomic mass is 32.1. The molecule has 2 rings (SSSR count). The van der Waals surface area contributed by atoms with Gasteiger partial charge in [-0.15, -0.1) is 0 Å². The van der Waals surface area contributed by atoms with Crippen molar-refractivity contribution in [2.24, 2.45) is 5.92 Å².